The largest absolute Gasteiger partial charge is 0.506 e. The van der Waals surface area contributed by atoms with Crippen LogP contribution in [0.5, 0.6) is 5.75 Å². The zero-order valence-corrected chi connectivity index (χ0v) is 11.8. The monoisotopic (exact) mass is 316 g/mol. The van der Waals surface area contributed by atoms with Gasteiger partial charge < -0.3 is 5.11 Å². The van der Waals surface area contributed by atoms with Crippen LogP contribution in [0.4, 0.5) is 10.1 Å². The topological polar surface area (TPSA) is 69.6 Å². The number of thioether (sulfide) groups is 1. The molecule has 0 aromatic heterocycles. The van der Waals surface area contributed by atoms with Crippen LogP contribution in [-0.2, 0) is 9.59 Å². The average molecular weight is 317 g/mol. The number of benzene rings is 1. The average Bonchev–Trinajstić information content (AvgIpc) is 2.85. The summed E-state index contributed by atoms with van der Waals surface area (Å²) in [5, 5.41) is 11.8. The number of carbonyl (C=O) groups excluding carboxylic acids is 2. The summed E-state index contributed by atoms with van der Waals surface area (Å²) in [6.07, 6.45) is 0. The number of nitrogens with zero attached hydrogens (tertiary/aromatic N) is 1. The first-order chi connectivity index (χ1) is 9.40. The van der Waals surface area contributed by atoms with Crippen molar-refractivity contribution in [1.29, 1.82) is 0 Å². The summed E-state index contributed by atoms with van der Waals surface area (Å²) in [6, 6.07) is 1.21. The SMILES string of the molecule is CC1NC2C(=O)N(c3cc(O)c(Cl)cc3F)C(=O)C2S1. The summed E-state index contributed by atoms with van der Waals surface area (Å²) < 4.78 is 13.9. The fraction of sp³-hybridized carbons (Fsp3) is 0.333. The molecule has 3 unspecified atom stereocenters. The number of hydrogen-bond acceptors (Lipinski definition) is 5. The molecule has 0 radical (unpaired) electrons. The van der Waals surface area contributed by atoms with Crippen molar-refractivity contribution in [3.63, 3.8) is 0 Å². The van der Waals surface area contributed by atoms with Crippen LogP contribution < -0.4 is 10.2 Å². The molecular weight excluding hydrogens is 307 g/mol. The number of nitrogens with one attached hydrogen (secondary N) is 1. The summed E-state index contributed by atoms with van der Waals surface area (Å²) in [5.74, 6) is -2.21. The fourth-order valence-electron chi connectivity index (χ4n) is 2.39. The highest BCUT2D eigenvalue weighted by Crippen LogP contribution is 2.39. The van der Waals surface area contributed by atoms with Crippen molar-refractivity contribution >= 4 is 40.9 Å². The van der Waals surface area contributed by atoms with Gasteiger partial charge in [-0.1, -0.05) is 11.6 Å². The van der Waals surface area contributed by atoms with Crippen LogP contribution in [0, 0.1) is 5.82 Å². The van der Waals surface area contributed by atoms with Crippen LogP contribution in [-0.4, -0.2) is 33.6 Å². The van der Waals surface area contributed by atoms with E-state index in [1.807, 2.05) is 6.92 Å². The summed E-state index contributed by atoms with van der Waals surface area (Å²) >= 11 is 6.91. The van der Waals surface area contributed by atoms with Crippen LogP contribution in [0.2, 0.25) is 5.02 Å². The van der Waals surface area contributed by atoms with Gasteiger partial charge in [-0.3, -0.25) is 14.9 Å². The van der Waals surface area contributed by atoms with E-state index in [0.717, 1.165) is 17.0 Å². The maximum absolute atomic E-state index is 13.9. The van der Waals surface area contributed by atoms with E-state index < -0.39 is 28.9 Å². The van der Waals surface area contributed by atoms with Gasteiger partial charge in [0.2, 0.25) is 5.91 Å². The standard InChI is InChI=1S/C12H10ClFN2O3S/c1-4-15-9-10(20-4)12(19)16(11(9)18)7-3-8(17)5(13)2-6(7)14/h2-4,9-10,15,17H,1H3. The highest BCUT2D eigenvalue weighted by Gasteiger charge is 2.53. The second-order valence-corrected chi connectivity index (χ2v) is 6.50. The number of phenolic OH excluding ortho intramolecular Hbond substituents is 1. The van der Waals surface area contributed by atoms with E-state index in [1.54, 1.807) is 0 Å². The van der Waals surface area contributed by atoms with Crippen molar-refractivity contribution in [3.05, 3.63) is 23.0 Å². The van der Waals surface area contributed by atoms with Gasteiger partial charge in [0.15, 0.2) is 0 Å². The van der Waals surface area contributed by atoms with Crippen molar-refractivity contribution in [3.8, 4) is 5.75 Å². The zero-order valence-electron chi connectivity index (χ0n) is 10.3. The van der Waals surface area contributed by atoms with Gasteiger partial charge in [-0.25, -0.2) is 9.29 Å². The molecule has 2 N–H and O–H groups in total. The van der Waals surface area contributed by atoms with E-state index >= 15 is 0 Å². The third-order valence-electron chi connectivity index (χ3n) is 3.28. The normalized spacial score (nSPS) is 29.1. The molecule has 5 nitrogen and oxygen atoms in total. The van der Waals surface area contributed by atoms with E-state index in [1.165, 1.54) is 11.8 Å². The van der Waals surface area contributed by atoms with E-state index in [-0.39, 0.29) is 21.8 Å². The molecule has 0 saturated carbocycles. The molecule has 2 amide bonds. The fourth-order valence-corrected chi connectivity index (χ4v) is 3.78. The van der Waals surface area contributed by atoms with Gasteiger partial charge in [0.05, 0.1) is 16.1 Å². The molecule has 2 aliphatic rings. The van der Waals surface area contributed by atoms with E-state index in [4.69, 9.17) is 11.6 Å². The number of aromatic hydroxyl groups is 1. The minimum absolute atomic E-state index is 0.0106. The van der Waals surface area contributed by atoms with Crippen LogP contribution in [0.1, 0.15) is 6.92 Å². The summed E-state index contributed by atoms with van der Waals surface area (Å²) in [6.45, 7) is 1.85. The minimum Gasteiger partial charge on any atom is -0.506 e. The number of amides is 2. The number of rotatable bonds is 1. The van der Waals surface area contributed by atoms with Crippen LogP contribution in [0.25, 0.3) is 0 Å². The molecule has 3 rings (SSSR count). The van der Waals surface area contributed by atoms with Crippen LogP contribution in [0.3, 0.4) is 0 Å². The van der Waals surface area contributed by atoms with Crippen molar-refractivity contribution in [1.82, 2.24) is 5.32 Å². The van der Waals surface area contributed by atoms with Crippen molar-refractivity contribution in [2.24, 2.45) is 0 Å². The lowest BCUT2D eigenvalue weighted by Crippen LogP contribution is -2.40. The van der Waals surface area contributed by atoms with Gasteiger partial charge in [-0.15, -0.1) is 11.8 Å². The Hall–Kier alpha value is -1.31. The second kappa shape index (κ2) is 4.61. The van der Waals surface area contributed by atoms with E-state index in [0.29, 0.717) is 0 Å². The quantitative estimate of drug-likeness (QED) is 0.768. The number of imide groups is 1. The number of fused-ring (bicyclic) bond motifs is 1. The maximum atomic E-state index is 13.9. The summed E-state index contributed by atoms with van der Waals surface area (Å²) in [4.78, 5) is 25.3. The molecule has 2 saturated heterocycles. The molecule has 20 heavy (non-hydrogen) atoms. The summed E-state index contributed by atoms with van der Waals surface area (Å²) in [7, 11) is 0. The highest BCUT2D eigenvalue weighted by atomic mass is 35.5. The Labute approximate surface area is 123 Å². The van der Waals surface area contributed by atoms with Gasteiger partial charge in [0.25, 0.3) is 5.91 Å². The predicted molar refractivity (Wildman–Crippen MR) is 73.3 cm³/mol. The Bertz CT molecular complexity index is 603. The van der Waals surface area contributed by atoms with Gasteiger partial charge in [-0.2, -0.15) is 0 Å². The molecule has 1 aromatic rings. The zero-order chi connectivity index (χ0) is 14.6. The number of anilines is 1. The Morgan fingerprint density at radius 2 is 2.10 bits per heavy atom. The number of halogens is 2. The Morgan fingerprint density at radius 3 is 2.75 bits per heavy atom. The number of hydrogen-bond donors (Lipinski definition) is 2. The lowest BCUT2D eigenvalue weighted by molar-refractivity contribution is -0.121. The maximum Gasteiger partial charge on any atom is 0.252 e. The molecule has 2 heterocycles. The summed E-state index contributed by atoms with van der Waals surface area (Å²) in [5.41, 5.74) is -0.272. The lowest BCUT2D eigenvalue weighted by Gasteiger charge is -2.18. The smallest absolute Gasteiger partial charge is 0.252 e. The van der Waals surface area contributed by atoms with Gasteiger partial charge in [-0.05, 0) is 13.0 Å². The third kappa shape index (κ3) is 1.88. The molecule has 2 aliphatic heterocycles. The molecule has 3 atom stereocenters. The Kier molecular flexibility index (Phi) is 3.15. The predicted octanol–water partition coefficient (Wildman–Crippen LogP) is 1.48. The van der Waals surface area contributed by atoms with Crippen LogP contribution in [0.15, 0.2) is 12.1 Å². The highest BCUT2D eigenvalue weighted by molar-refractivity contribution is 8.01. The third-order valence-corrected chi connectivity index (χ3v) is 4.89. The van der Waals surface area contributed by atoms with Crippen molar-refractivity contribution < 1.29 is 19.1 Å². The molecular formula is C12H10ClFN2O3S. The Morgan fingerprint density at radius 1 is 1.40 bits per heavy atom. The number of carbonyl (C=O) groups is 2. The van der Waals surface area contributed by atoms with E-state index in [9.17, 15) is 19.1 Å². The van der Waals surface area contributed by atoms with Gasteiger partial charge in [0, 0.05) is 6.07 Å². The van der Waals surface area contributed by atoms with Gasteiger partial charge >= 0.3 is 0 Å². The first kappa shape index (κ1) is 13.7. The molecule has 2 fully saturated rings. The van der Waals surface area contributed by atoms with Crippen LogP contribution >= 0.6 is 23.4 Å². The molecule has 1 aromatic carbocycles. The van der Waals surface area contributed by atoms with E-state index in [2.05, 4.69) is 5.32 Å². The van der Waals surface area contributed by atoms with Gasteiger partial charge in [0.1, 0.15) is 22.9 Å². The lowest BCUT2D eigenvalue weighted by atomic mass is 10.2. The second-order valence-electron chi connectivity index (χ2n) is 4.61. The molecule has 0 bridgehead atoms. The minimum atomic E-state index is -0.826. The molecule has 0 spiro atoms. The molecule has 0 aliphatic carbocycles. The Balaban J connectivity index is 2.02. The number of phenols is 1. The van der Waals surface area contributed by atoms with Crippen molar-refractivity contribution in [2.75, 3.05) is 4.90 Å². The first-order valence-corrected chi connectivity index (χ1v) is 7.19. The van der Waals surface area contributed by atoms with Crippen molar-refractivity contribution in [2.45, 2.75) is 23.6 Å². The first-order valence-electron chi connectivity index (χ1n) is 5.87. The molecule has 8 heteroatoms. The molecule has 106 valence electrons.